The number of carbonyl (C=O) groups excluding carboxylic acids is 2. The van der Waals surface area contributed by atoms with Crippen molar-refractivity contribution in [2.45, 2.75) is 41.5 Å². The predicted molar refractivity (Wildman–Crippen MR) is 133 cm³/mol. The number of fused-ring (bicyclic) bond motifs is 1. The number of nitrogens with zero attached hydrogens (tertiary/aromatic N) is 4. The van der Waals surface area contributed by atoms with Crippen LogP contribution in [-0.2, 0) is 9.59 Å². The fourth-order valence-electron chi connectivity index (χ4n) is 4.37. The van der Waals surface area contributed by atoms with Gasteiger partial charge in [0.2, 0.25) is 0 Å². The fraction of sp³-hybridized carbons (Fsp3) is 0.357. The summed E-state index contributed by atoms with van der Waals surface area (Å²) in [4.78, 5) is 40.4. The molecule has 0 atom stereocenters. The van der Waals surface area contributed by atoms with Gasteiger partial charge in [-0.05, 0) is 49.4 Å². The summed E-state index contributed by atoms with van der Waals surface area (Å²) in [6.07, 6.45) is 3.46. The number of hydrogen-bond donors (Lipinski definition) is 0. The summed E-state index contributed by atoms with van der Waals surface area (Å²) in [5.41, 5.74) is 5.05. The summed E-state index contributed by atoms with van der Waals surface area (Å²) in [5.74, 6) is 5.96. The highest BCUT2D eigenvalue weighted by Crippen LogP contribution is 2.46. The van der Waals surface area contributed by atoms with Crippen LogP contribution in [0.3, 0.4) is 0 Å². The first-order chi connectivity index (χ1) is 16.2. The fourth-order valence-corrected chi connectivity index (χ4v) is 4.37. The molecule has 0 N–H and O–H groups in total. The second-order valence-corrected chi connectivity index (χ2v) is 9.59. The van der Waals surface area contributed by atoms with Gasteiger partial charge in [0.15, 0.2) is 0 Å². The highest BCUT2D eigenvalue weighted by molar-refractivity contribution is 6.30. The first kappa shape index (κ1) is 23.4. The van der Waals surface area contributed by atoms with Crippen molar-refractivity contribution in [3.63, 3.8) is 0 Å². The van der Waals surface area contributed by atoms with E-state index in [9.17, 15) is 9.59 Å². The summed E-state index contributed by atoms with van der Waals surface area (Å²) in [7, 11) is 0. The molecule has 0 bridgehead atoms. The molecule has 2 aliphatic heterocycles. The third kappa shape index (κ3) is 4.14. The molecule has 0 spiro atoms. The SMILES string of the molecule is CC#Cc1ccc(C2=C3C(=O)N(CC(C)C)C(c4ccc(C)cn4)=C3C(=O)N2CC(C)C)nc1. The number of aryl methyl sites for hydroxylation is 1. The van der Waals surface area contributed by atoms with E-state index >= 15 is 0 Å². The number of aromatic nitrogens is 2. The smallest absolute Gasteiger partial charge is 0.261 e. The van der Waals surface area contributed by atoms with E-state index in [0.717, 1.165) is 11.1 Å². The maximum atomic E-state index is 13.9. The van der Waals surface area contributed by atoms with Gasteiger partial charge in [-0.15, -0.1) is 5.92 Å². The summed E-state index contributed by atoms with van der Waals surface area (Å²) in [5, 5.41) is 0. The molecule has 2 aromatic heterocycles. The van der Waals surface area contributed by atoms with Gasteiger partial charge in [0.1, 0.15) is 0 Å². The Labute approximate surface area is 201 Å². The Balaban J connectivity index is 1.97. The minimum absolute atomic E-state index is 0.171. The predicted octanol–water partition coefficient (Wildman–Crippen LogP) is 4.28. The van der Waals surface area contributed by atoms with Crippen molar-refractivity contribution in [2.24, 2.45) is 11.8 Å². The zero-order valence-electron chi connectivity index (χ0n) is 20.6. The van der Waals surface area contributed by atoms with Crippen LogP contribution >= 0.6 is 0 Å². The lowest BCUT2D eigenvalue weighted by atomic mass is 10.1. The van der Waals surface area contributed by atoms with Crippen LogP contribution in [0, 0.1) is 30.6 Å². The molecular formula is C28H30N4O2. The van der Waals surface area contributed by atoms with Crippen molar-refractivity contribution in [1.82, 2.24) is 19.8 Å². The molecule has 4 rings (SSSR count). The van der Waals surface area contributed by atoms with Crippen LogP contribution in [0.4, 0.5) is 0 Å². The van der Waals surface area contributed by atoms with Crippen LogP contribution in [0.15, 0.2) is 47.8 Å². The molecule has 0 aliphatic carbocycles. The topological polar surface area (TPSA) is 66.4 Å². The van der Waals surface area contributed by atoms with Crippen molar-refractivity contribution in [3.05, 3.63) is 70.3 Å². The highest BCUT2D eigenvalue weighted by Gasteiger charge is 2.49. The van der Waals surface area contributed by atoms with Gasteiger partial charge < -0.3 is 9.80 Å². The molecule has 0 fully saturated rings. The number of rotatable bonds is 6. The van der Waals surface area contributed by atoms with E-state index in [2.05, 4.69) is 49.5 Å². The molecule has 0 saturated heterocycles. The first-order valence-electron chi connectivity index (χ1n) is 11.7. The molecule has 6 nitrogen and oxygen atoms in total. The first-order valence-corrected chi connectivity index (χ1v) is 11.7. The monoisotopic (exact) mass is 454 g/mol. The zero-order valence-corrected chi connectivity index (χ0v) is 20.6. The molecule has 2 aliphatic rings. The lowest BCUT2D eigenvalue weighted by molar-refractivity contribution is -0.124. The van der Waals surface area contributed by atoms with Gasteiger partial charge in [0.25, 0.3) is 11.8 Å². The Kier molecular flexibility index (Phi) is 6.39. The summed E-state index contributed by atoms with van der Waals surface area (Å²) < 4.78 is 0. The number of amides is 2. The van der Waals surface area contributed by atoms with Crippen LogP contribution in [-0.4, -0.2) is 44.7 Å². The van der Waals surface area contributed by atoms with E-state index in [-0.39, 0.29) is 23.7 Å². The third-order valence-electron chi connectivity index (χ3n) is 5.71. The Hall–Kier alpha value is -3.72. The van der Waals surface area contributed by atoms with Crippen LogP contribution in [0.1, 0.15) is 57.1 Å². The summed E-state index contributed by atoms with van der Waals surface area (Å²) in [6.45, 7) is 13.0. The molecule has 0 aromatic carbocycles. The van der Waals surface area contributed by atoms with Crippen LogP contribution < -0.4 is 0 Å². The molecule has 174 valence electrons. The standard InChI is InChI=1S/C28H30N4O2/c1-7-8-20-10-12-22(30-14-20)26-24-23(27(33)32(26)16-18(4)5)25(21-11-9-19(6)13-29-21)31(28(24)34)15-17(2)3/h9-14,17-18H,15-16H2,1-6H3. The normalized spacial score (nSPS) is 15.6. The average Bonchev–Trinajstić information content (AvgIpc) is 3.21. The quantitative estimate of drug-likeness (QED) is 0.611. The van der Waals surface area contributed by atoms with Gasteiger partial charge in [-0.2, -0.15) is 0 Å². The van der Waals surface area contributed by atoms with E-state index in [1.807, 2.05) is 31.2 Å². The number of hydrogen-bond acceptors (Lipinski definition) is 4. The minimum Gasteiger partial charge on any atom is -0.305 e. The Morgan fingerprint density at radius 1 is 0.794 bits per heavy atom. The maximum absolute atomic E-state index is 13.9. The molecule has 6 heteroatoms. The Morgan fingerprint density at radius 3 is 1.68 bits per heavy atom. The van der Waals surface area contributed by atoms with Gasteiger partial charge in [-0.1, -0.05) is 39.7 Å². The molecule has 0 radical (unpaired) electrons. The molecular weight excluding hydrogens is 424 g/mol. The molecule has 2 amide bonds. The second kappa shape index (κ2) is 9.26. The van der Waals surface area contributed by atoms with E-state index in [0.29, 0.717) is 47.0 Å². The maximum Gasteiger partial charge on any atom is 0.261 e. The molecule has 2 aromatic rings. The van der Waals surface area contributed by atoms with Gasteiger partial charge in [-0.25, -0.2) is 0 Å². The summed E-state index contributed by atoms with van der Waals surface area (Å²) >= 11 is 0. The van der Waals surface area contributed by atoms with Gasteiger partial charge in [-0.3, -0.25) is 19.6 Å². The van der Waals surface area contributed by atoms with Crippen molar-refractivity contribution in [3.8, 4) is 11.8 Å². The Bertz CT molecular complexity index is 1260. The van der Waals surface area contributed by atoms with E-state index in [1.54, 1.807) is 29.1 Å². The van der Waals surface area contributed by atoms with Crippen molar-refractivity contribution >= 4 is 23.2 Å². The van der Waals surface area contributed by atoms with Gasteiger partial charge >= 0.3 is 0 Å². The molecule has 4 heterocycles. The molecule has 0 saturated carbocycles. The highest BCUT2D eigenvalue weighted by atomic mass is 16.2. The third-order valence-corrected chi connectivity index (χ3v) is 5.71. The summed E-state index contributed by atoms with van der Waals surface area (Å²) in [6, 6.07) is 7.56. The van der Waals surface area contributed by atoms with E-state index < -0.39 is 0 Å². The minimum atomic E-state index is -0.171. The van der Waals surface area contributed by atoms with E-state index in [1.165, 1.54) is 0 Å². The lowest BCUT2D eigenvalue weighted by Gasteiger charge is -2.26. The largest absolute Gasteiger partial charge is 0.305 e. The molecule has 34 heavy (non-hydrogen) atoms. The second-order valence-electron chi connectivity index (χ2n) is 9.59. The van der Waals surface area contributed by atoms with Crippen molar-refractivity contribution < 1.29 is 9.59 Å². The van der Waals surface area contributed by atoms with Crippen LogP contribution in [0.5, 0.6) is 0 Å². The molecule has 0 unspecified atom stereocenters. The van der Waals surface area contributed by atoms with Crippen LogP contribution in [0.25, 0.3) is 11.4 Å². The zero-order chi connectivity index (χ0) is 24.6. The number of carbonyl (C=O) groups is 2. The van der Waals surface area contributed by atoms with E-state index in [4.69, 9.17) is 0 Å². The van der Waals surface area contributed by atoms with Crippen LogP contribution in [0.2, 0.25) is 0 Å². The van der Waals surface area contributed by atoms with Gasteiger partial charge in [0.05, 0.1) is 33.9 Å². The van der Waals surface area contributed by atoms with Gasteiger partial charge in [0, 0.05) is 31.0 Å². The lowest BCUT2D eigenvalue weighted by Crippen LogP contribution is -2.33. The Morgan fingerprint density at radius 2 is 1.29 bits per heavy atom. The van der Waals surface area contributed by atoms with Crippen molar-refractivity contribution in [2.75, 3.05) is 13.1 Å². The van der Waals surface area contributed by atoms with Crippen molar-refractivity contribution in [1.29, 1.82) is 0 Å². The average molecular weight is 455 g/mol. The number of pyridine rings is 2.